The van der Waals surface area contributed by atoms with Crippen LogP contribution in [0.2, 0.25) is 0 Å². The van der Waals surface area contributed by atoms with Gasteiger partial charge in [-0.3, -0.25) is 9.59 Å². The number of pyridine rings is 1. The minimum atomic E-state index is -0.222. The van der Waals surface area contributed by atoms with Gasteiger partial charge in [0.2, 0.25) is 0 Å². The molecular weight excluding hydrogens is 332 g/mol. The van der Waals surface area contributed by atoms with Crippen molar-refractivity contribution < 1.29 is 14.3 Å². The smallest absolute Gasteiger partial charge is 0.264 e. The molecule has 3 rings (SSSR count). The van der Waals surface area contributed by atoms with Crippen LogP contribution in [-0.4, -0.2) is 31.2 Å². The summed E-state index contributed by atoms with van der Waals surface area (Å²) in [6, 6.07) is 16.0. The Morgan fingerprint density at radius 2 is 1.81 bits per heavy atom. The number of hydrogen-bond donors (Lipinski definition) is 0. The molecule has 0 spiro atoms. The number of benzene rings is 2. The molecule has 0 unspecified atom stereocenters. The SMILES string of the molecule is COc1ccc(N(C)C(=O)COc2cc(=O)n(C)c3ccccc23)cc1. The topological polar surface area (TPSA) is 60.8 Å². The van der Waals surface area contributed by atoms with E-state index in [1.54, 1.807) is 50.0 Å². The summed E-state index contributed by atoms with van der Waals surface area (Å²) in [5, 5.41) is 0.787. The zero-order valence-electron chi connectivity index (χ0n) is 14.9. The Hall–Kier alpha value is -3.28. The van der Waals surface area contributed by atoms with Crippen LogP contribution in [-0.2, 0) is 11.8 Å². The van der Waals surface area contributed by atoms with Crippen molar-refractivity contribution in [2.24, 2.45) is 7.05 Å². The molecule has 0 bridgehead atoms. The summed E-state index contributed by atoms with van der Waals surface area (Å²) < 4.78 is 12.3. The molecule has 3 aromatic rings. The van der Waals surface area contributed by atoms with E-state index in [0.717, 1.165) is 22.3 Å². The first-order chi connectivity index (χ1) is 12.5. The highest BCUT2D eigenvalue weighted by molar-refractivity contribution is 5.94. The molecule has 26 heavy (non-hydrogen) atoms. The number of aryl methyl sites for hydroxylation is 1. The third-order valence-electron chi connectivity index (χ3n) is 4.30. The second-order valence-electron chi connectivity index (χ2n) is 5.86. The van der Waals surface area contributed by atoms with Gasteiger partial charge < -0.3 is 18.9 Å². The fourth-order valence-electron chi connectivity index (χ4n) is 2.69. The van der Waals surface area contributed by atoms with E-state index in [2.05, 4.69) is 0 Å². The summed E-state index contributed by atoms with van der Waals surface area (Å²) in [6.07, 6.45) is 0. The molecule has 0 aliphatic heterocycles. The minimum absolute atomic E-state index is 0.167. The average molecular weight is 352 g/mol. The van der Waals surface area contributed by atoms with Crippen LogP contribution in [0.4, 0.5) is 5.69 Å². The Kier molecular flexibility index (Phi) is 4.93. The number of hydrogen-bond acceptors (Lipinski definition) is 4. The number of nitrogens with zero attached hydrogens (tertiary/aromatic N) is 2. The number of ether oxygens (including phenoxy) is 2. The lowest BCUT2D eigenvalue weighted by molar-refractivity contribution is -0.120. The van der Waals surface area contributed by atoms with Crippen LogP contribution in [0.3, 0.4) is 0 Å². The molecule has 0 fully saturated rings. The summed E-state index contributed by atoms with van der Waals surface area (Å²) in [7, 11) is 4.97. The molecule has 1 heterocycles. The summed E-state index contributed by atoms with van der Waals surface area (Å²) in [6.45, 7) is -0.167. The number of anilines is 1. The van der Waals surface area contributed by atoms with Gasteiger partial charge in [-0.2, -0.15) is 0 Å². The molecule has 0 aliphatic carbocycles. The van der Waals surface area contributed by atoms with E-state index in [1.165, 1.54) is 11.0 Å². The Morgan fingerprint density at radius 1 is 1.12 bits per heavy atom. The van der Waals surface area contributed by atoms with Crippen molar-refractivity contribution in [3.63, 3.8) is 0 Å². The highest BCUT2D eigenvalue weighted by atomic mass is 16.5. The van der Waals surface area contributed by atoms with Crippen LogP contribution in [0.25, 0.3) is 10.9 Å². The van der Waals surface area contributed by atoms with E-state index >= 15 is 0 Å². The van der Waals surface area contributed by atoms with Crippen molar-refractivity contribution >= 4 is 22.5 Å². The number of aromatic nitrogens is 1. The van der Waals surface area contributed by atoms with Crippen molar-refractivity contribution in [3.8, 4) is 11.5 Å². The molecule has 0 radical (unpaired) electrons. The first-order valence-corrected chi connectivity index (χ1v) is 8.13. The molecule has 1 aromatic heterocycles. The predicted octanol–water partition coefficient (Wildman–Crippen LogP) is 2.59. The molecule has 6 heteroatoms. The van der Waals surface area contributed by atoms with Gasteiger partial charge in [-0.15, -0.1) is 0 Å². The maximum atomic E-state index is 12.4. The average Bonchev–Trinajstić information content (AvgIpc) is 2.69. The van der Waals surface area contributed by atoms with E-state index in [9.17, 15) is 9.59 Å². The standard InChI is InChI=1S/C20H20N2O4/c1-21(14-8-10-15(25-3)11-9-14)20(24)13-26-18-12-19(23)22(2)17-7-5-4-6-16(17)18/h4-12H,13H2,1-3H3. The van der Waals surface area contributed by atoms with Crippen molar-refractivity contribution in [1.29, 1.82) is 0 Å². The molecule has 0 N–H and O–H groups in total. The molecule has 1 amide bonds. The fraction of sp³-hybridized carbons (Fsp3) is 0.200. The number of rotatable bonds is 5. The van der Waals surface area contributed by atoms with Crippen LogP contribution in [0, 0.1) is 0 Å². The van der Waals surface area contributed by atoms with Crippen LogP contribution >= 0.6 is 0 Å². The van der Waals surface area contributed by atoms with E-state index in [-0.39, 0.29) is 18.1 Å². The zero-order valence-corrected chi connectivity index (χ0v) is 14.9. The van der Waals surface area contributed by atoms with Gasteiger partial charge >= 0.3 is 0 Å². The Morgan fingerprint density at radius 3 is 2.50 bits per heavy atom. The Labute approximate surface area is 151 Å². The normalized spacial score (nSPS) is 10.6. The van der Waals surface area contributed by atoms with Gasteiger partial charge in [0.25, 0.3) is 11.5 Å². The lowest BCUT2D eigenvalue weighted by Gasteiger charge is -2.18. The van der Waals surface area contributed by atoms with Gasteiger partial charge in [-0.1, -0.05) is 12.1 Å². The zero-order chi connectivity index (χ0) is 18.7. The van der Waals surface area contributed by atoms with Crippen molar-refractivity contribution in [3.05, 3.63) is 65.0 Å². The van der Waals surface area contributed by atoms with Crippen LogP contribution in [0.1, 0.15) is 0 Å². The van der Waals surface area contributed by atoms with Gasteiger partial charge in [0.1, 0.15) is 11.5 Å². The molecule has 0 atom stereocenters. The number of fused-ring (bicyclic) bond motifs is 1. The number of carbonyl (C=O) groups excluding carboxylic acids is 1. The third kappa shape index (κ3) is 3.39. The fourth-order valence-corrected chi connectivity index (χ4v) is 2.69. The molecule has 0 saturated carbocycles. The number of methoxy groups -OCH3 is 1. The highest BCUT2D eigenvalue weighted by Crippen LogP contribution is 2.23. The number of likely N-dealkylation sites (N-methyl/N-ethyl adjacent to an activating group) is 1. The molecule has 2 aromatic carbocycles. The summed E-state index contributed by atoms with van der Waals surface area (Å²) in [4.78, 5) is 26.0. The largest absolute Gasteiger partial charge is 0.497 e. The number of para-hydroxylation sites is 1. The van der Waals surface area contributed by atoms with Crippen LogP contribution in [0.15, 0.2) is 59.4 Å². The van der Waals surface area contributed by atoms with Crippen molar-refractivity contribution in [2.75, 3.05) is 25.7 Å². The van der Waals surface area contributed by atoms with E-state index in [4.69, 9.17) is 9.47 Å². The second kappa shape index (κ2) is 7.31. The second-order valence-corrected chi connectivity index (χ2v) is 5.86. The Balaban J connectivity index is 1.78. The van der Waals surface area contributed by atoms with E-state index in [0.29, 0.717) is 5.75 Å². The third-order valence-corrected chi connectivity index (χ3v) is 4.30. The first-order valence-electron chi connectivity index (χ1n) is 8.13. The minimum Gasteiger partial charge on any atom is -0.497 e. The maximum Gasteiger partial charge on any atom is 0.264 e. The van der Waals surface area contributed by atoms with E-state index < -0.39 is 0 Å². The lowest BCUT2D eigenvalue weighted by atomic mass is 10.2. The van der Waals surface area contributed by atoms with Crippen LogP contribution < -0.4 is 19.9 Å². The van der Waals surface area contributed by atoms with Crippen molar-refractivity contribution in [1.82, 2.24) is 4.57 Å². The van der Waals surface area contributed by atoms with Gasteiger partial charge in [-0.05, 0) is 36.4 Å². The molecular formula is C20H20N2O4. The summed E-state index contributed by atoms with van der Waals surface area (Å²) >= 11 is 0. The molecule has 6 nitrogen and oxygen atoms in total. The quantitative estimate of drug-likeness (QED) is 0.708. The first kappa shape index (κ1) is 17.5. The maximum absolute atomic E-state index is 12.4. The van der Waals surface area contributed by atoms with Gasteiger partial charge in [0, 0.05) is 31.2 Å². The van der Waals surface area contributed by atoms with Crippen molar-refractivity contribution in [2.45, 2.75) is 0 Å². The lowest BCUT2D eigenvalue weighted by Crippen LogP contribution is -2.31. The van der Waals surface area contributed by atoms with Gasteiger partial charge in [0.05, 0.1) is 12.6 Å². The number of carbonyl (C=O) groups is 1. The van der Waals surface area contributed by atoms with Crippen LogP contribution in [0.5, 0.6) is 11.5 Å². The highest BCUT2D eigenvalue weighted by Gasteiger charge is 2.14. The van der Waals surface area contributed by atoms with E-state index in [1.807, 2.05) is 24.3 Å². The monoisotopic (exact) mass is 352 g/mol. The van der Waals surface area contributed by atoms with Gasteiger partial charge in [0.15, 0.2) is 6.61 Å². The molecule has 134 valence electrons. The molecule has 0 aliphatic rings. The summed E-state index contributed by atoms with van der Waals surface area (Å²) in [5.41, 5.74) is 1.30. The number of amides is 1. The predicted molar refractivity (Wildman–Crippen MR) is 101 cm³/mol. The Bertz CT molecular complexity index is 993. The molecule has 0 saturated heterocycles. The van der Waals surface area contributed by atoms with Gasteiger partial charge in [-0.25, -0.2) is 0 Å². The summed E-state index contributed by atoms with van der Waals surface area (Å²) in [5.74, 6) is 0.901.